The van der Waals surface area contributed by atoms with Crippen molar-refractivity contribution in [3.8, 4) is 0 Å². The first-order valence-electron chi connectivity index (χ1n) is 7.57. The van der Waals surface area contributed by atoms with Crippen molar-refractivity contribution < 1.29 is 14.7 Å². The Morgan fingerprint density at radius 2 is 2.10 bits per heavy atom. The number of hydrogen-bond acceptors (Lipinski definition) is 3. The molecular formula is C16H20N2O3. The van der Waals surface area contributed by atoms with Crippen molar-refractivity contribution in [3.05, 3.63) is 30.1 Å². The Bertz CT molecular complexity index is 532. The molecule has 1 amide bonds. The summed E-state index contributed by atoms with van der Waals surface area (Å²) >= 11 is 0. The quantitative estimate of drug-likeness (QED) is 0.863. The first-order chi connectivity index (χ1) is 10.1. The number of fused-ring (bicyclic) bond motifs is 2. The van der Waals surface area contributed by atoms with Gasteiger partial charge < -0.3 is 10.4 Å². The molecule has 0 saturated heterocycles. The zero-order chi connectivity index (χ0) is 14.8. The second-order valence-electron chi connectivity index (χ2n) is 6.11. The minimum absolute atomic E-state index is 0.0653. The molecule has 2 bridgehead atoms. The van der Waals surface area contributed by atoms with Gasteiger partial charge in [0.15, 0.2) is 0 Å². The van der Waals surface area contributed by atoms with Crippen LogP contribution in [0.5, 0.6) is 0 Å². The SMILES string of the molecule is O=C(CCc1ccccn1)NC1C2CCC(C2)C1C(=O)O. The largest absolute Gasteiger partial charge is 0.481 e. The number of amides is 1. The molecule has 0 spiro atoms. The average molecular weight is 288 g/mol. The summed E-state index contributed by atoms with van der Waals surface area (Å²) in [6.45, 7) is 0. The highest BCUT2D eigenvalue weighted by atomic mass is 16.4. The summed E-state index contributed by atoms with van der Waals surface area (Å²) in [6, 6.07) is 5.45. The summed E-state index contributed by atoms with van der Waals surface area (Å²) < 4.78 is 0. The van der Waals surface area contributed by atoms with E-state index in [2.05, 4.69) is 10.3 Å². The van der Waals surface area contributed by atoms with Crippen molar-refractivity contribution in [2.75, 3.05) is 0 Å². The van der Waals surface area contributed by atoms with Crippen molar-refractivity contribution in [1.29, 1.82) is 0 Å². The van der Waals surface area contributed by atoms with Gasteiger partial charge in [-0.25, -0.2) is 0 Å². The fraction of sp³-hybridized carbons (Fsp3) is 0.562. The van der Waals surface area contributed by atoms with Gasteiger partial charge in [0.05, 0.1) is 5.92 Å². The monoisotopic (exact) mass is 288 g/mol. The van der Waals surface area contributed by atoms with Crippen LogP contribution >= 0.6 is 0 Å². The maximum absolute atomic E-state index is 12.1. The Morgan fingerprint density at radius 3 is 2.81 bits per heavy atom. The van der Waals surface area contributed by atoms with Gasteiger partial charge in [-0.2, -0.15) is 0 Å². The molecule has 2 aliphatic rings. The molecule has 2 N–H and O–H groups in total. The highest BCUT2D eigenvalue weighted by Crippen LogP contribution is 2.48. The van der Waals surface area contributed by atoms with Crippen molar-refractivity contribution in [3.63, 3.8) is 0 Å². The lowest BCUT2D eigenvalue weighted by Gasteiger charge is -2.28. The molecule has 2 fully saturated rings. The van der Waals surface area contributed by atoms with Crippen molar-refractivity contribution in [2.45, 2.75) is 38.1 Å². The summed E-state index contributed by atoms with van der Waals surface area (Å²) in [7, 11) is 0. The van der Waals surface area contributed by atoms with Gasteiger partial charge in [0.1, 0.15) is 0 Å². The molecule has 1 heterocycles. The third kappa shape index (κ3) is 2.91. The van der Waals surface area contributed by atoms with Gasteiger partial charge >= 0.3 is 5.97 Å². The highest BCUT2D eigenvalue weighted by molar-refractivity contribution is 5.79. The van der Waals surface area contributed by atoms with E-state index in [1.807, 2.05) is 18.2 Å². The first kappa shape index (κ1) is 14.0. The number of carbonyl (C=O) groups excluding carboxylic acids is 1. The van der Waals surface area contributed by atoms with Crippen LogP contribution in [0.15, 0.2) is 24.4 Å². The molecule has 5 heteroatoms. The predicted molar refractivity (Wildman–Crippen MR) is 76.4 cm³/mol. The normalized spacial score (nSPS) is 30.3. The number of rotatable bonds is 5. The van der Waals surface area contributed by atoms with Gasteiger partial charge in [-0.15, -0.1) is 0 Å². The van der Waals surface area contributed by atoms with E-state index in [-0.39, 0.29) is 17.9 Å². The predicted octanol–water partition coefficient (Wildman–Crippen LogP) is 1.63. The van der Waals surface area contributed by atoms with Crippen LogP contribution in [0.4, 0.5) is 0 Å². The van der Waals surface area contributed by atoms with Crippen LogP contribution < -0.4 is 5.32 Å². The molecule has 2 aliphatic carbocycles. The number of aliphatic carboxylic acids is 1. The number of aromatic nitrogens is 1. The van der Waals surface area contributed by atoms with Crippen LogP contribution in [0.25, 0.3) is 0 Å². The molecule has 1 aromatic heterocycles. The molecule has 4 unspecified atom stereocenters. The molecule has 2 saturated carbocycles. The fourth-order valence-corrected chi connectivity index (χ4v) is 3.90. The van der Waals surface area contributed by atoms with Crippen LogP contribution in [-0.4, -0.2) is 28.0 Å². The van der Waals surface area contributed by atoms with Crippen LogP contribution in [0.1, 0.15) is 31.4 Å². The van der Waals surface area contributed by atoms with Gasteiger partial charge in [-0.3, -0.25) is 14.6 Å². The minimum Gasteiger partial charge on any atom is -0.481 e. The Kier molecular flexibility index (Phi) is 3.90. The summed E-state index contributed by atoms with van der Waals surface area (Å²) in [5.41, 5.74) is 0.885. The molecule has 4 atom stereocenters. The number of aryl methyl sites for hydroxylation is 1. The number of carbonyl (C=O) groups is 2. The van der Waals surface area contributed by atoms with E-state index in [0.717, 1.165) is 25.0 Å². The van der Waals surface area contributed by atoms with Gasteiger partial charge in [-0.1, -0.05) is 6.07 Å². The molecule has 3 rings (SSSR count). The Hall–Kier alpha value is -1.91. The van der Waals surface area contributed by atoms with Crippen LogP contribution in [0, 0.1) is 17.8 Å². The first-order valence-corrected chi connectivity index (χ1v) is 7.57. The molecule has 5 nitrogen and oxygen atoms in total. The van der Waals surface area contributed by atoms with Gasteiger partial charge in [0, 0.05) is 24.4 Å². The summed E-state index contributed by atoms with van der Waals surface area (Å²) in [6.07, 6.45) is 5.63. The smallest absolute Gasteiger partial charge is 0.308 e. The van der Waals surface area contributed by atoms with Gasteiger partial charge in [0.2, 0.25) is 5.91 Å². The van der Waals surface area contributed by atoms with E-state index < -0.39 is 11.9 Å². The van der Waals surface area contributed by atoms with Crippen molar-refractivity contribution in [1.82, 2.24) is 10.3 Å². The number of carboxylic acid groups (broad SMARTS) is 1. The maximum atomic E-state index is 12.1. The lowest BCUT2D eigenvalue weighted by Crippen LogP contribution is -2.46. The van der Waals surface area contributed by atoms with E-state index in [9.17, 15) is 14.7 Å². The third-order valence-corrected chi connectivity index (χ3v) is 4.86. The van der Waals surface area contributed by atoms with Gasteiger partial charge in [-0.05, 0) is 49.7 Å². The van der Waals surface area contributed by atoms with Crippen LogP contribution in [0.3, 0.4) is 0 Å². The maximum Gasteiger partial charge on any atom is 0.308 e. The number of pyridine rings is 1. The lowest BCUT2D eigenvalue weighted by atomic mass is 9.84. The van der Waals surface area contributed by atoms with Crippen LogP contribution in [-0.2, 0) is 16.0 Å². The topological polar surface area (TPSA) is 79.3 Å². The van der Waals surface area contributed by atoms with E-state index in [4.69, 9.17) is 0 Å². The molecule has 1 aromatic rings. The summed E-state index contributed by atoms with van der Waals surface area (Å²) in [5.74, 6) is -0.646. The Morgan fingerprint density at radius 1 is 1.29 bits per heavy atom. The minimum atomic E-state index is -0.766. The number of carboxylic acids is 1. The Balaban J connectivity index is 1.56. The zero-order valence-corrected chi connectivity index (χ0v) is 11.9. The van der Waals surface area contributed by atoms with E-state index in [0.29, 0.717) is 18.8 Å². The lowest BCUT2D eigenvalue weighted by molar-refractivity contribution is -0.144. The van der Waals surface area contributed by atoms with Gasteiger partial charge in [0.25, 0.3) is 0 Å². The van der Waals surface area contributed by atoms with Crippen LogP contribution in [0.2, 0.25) is 0 Å². The molecular weight excluding hydrogens is 268 g/mol. The third-order valence-electron chi connectivity index (χ3n) is 4.86. The number of nitrogens with zero attached hydrogens (tertiary/aromatic N) is 1. The van der Waals surface area contributed by atoms with E-state index in [1.54, 1.807) is 6.20 Å². The Labute approximate surface area is 123 Å². The molecule has 112 valence electrons. The molecule has 0 radical (unpaired) electrons. The second-order valence-corrected chi connectivity index (χ2v) is 6.11. The summed E-state index contributed by atoms with van der Waals surface area (Å²) in [4.78, 5) is 27.7. The van der Waals surface area contributed by atoms with E-state index in [1.165, 1.54) is 0 Å². The highest BCUT2D eigenvalue weighted by Gasteiger charge is 2.51. The number of hydrogen-bond donors (Lipinski definition) is 2. The molecule has 0 aromatic carbocycles. The fourth-order valence-electron chi connectivity index (χ4n) is 3.90. The number of nitrogens with one attached hydrogen (secondary N) is 1. The van der Waals surface area contributed by atoms with E-state index >= 15 is 0 Å². The molecule has 0 aliphatic heterocycles. The summed E-state index contributed by atoms with van der Waals surface area (Å²) in [5, 5.41) is 12.3. The van der Waals surface area contributed by atoms with Crippen molar-refractivity contribution >= 4 is 11.9 Å². The van der Waals surface area contributed by atoms with Crippen molar-refractivity contribution in [2.24, 2.45) is 17.8 Å². The average Bonchev–Trinajstić information content (AvgIpc) is 3.07. The zero-order valence-electron chi connectivity index (χ0n) is 11.9. The standard InChI is InChI=1S/C16H20N2O3/c19-13(7-6-12-3-1-2-8-17-12)18-15-11-5-4-10(9-11)14(15)16(20)21/h1-3,8,10-11,14-15H,4-7,9H2,(H,18,19)(H,20,21). The second kappa shape index (κ2) is 5.84. The molecule has 21 heavy (non-hydrogen) atoms.